The van der Waals surface area contributed by atoms with E-state index < -0.39 is 0 Å². The molecule has 0 spiro atoms. The molecule has 21 heavy (non-hydrogen) atoms. The van der Waals surface area contributed by atoms with Crippen molar-refractivity contribution in [2.45, 2.75) is 12.5 Å². The number of carbonyl (C=O) groups excluding carboxylic acids is 1. The van der Waals surface area contributed by atoms with Crippen LogP contribution in [0.5, 0.6) is 0 Å². The average Bonchev–Trinajstić information content (AvgIpc) is 3.20. The SMILES string of the molecule is N#Cc1cc2ccc(C(=O)NC3CN4CC[C@@H]3C4)cc2o1. The van der Waals surface area contributed by atoms with E-state index in [9.17, 15) is 4.79 Å². The lowest BCUT2D eigenvalue weighted by Crippen LogP contribution is -2.43. The van der Waals surface area contributed by atoms with Crippen molar-refractivity contribution in [3.05, 3.63) is 35.6 Å². The Hall–Kier alpha value is -2.32. The van der Waals surface area contributed by atoms with Crippen LogP contribution in [-0.2, 0) is 0 Å². The van der Waals surface area contributed by atoms with Gasteiger partial charge in [0.1, 0.15) is 11.7 Å². The van der Waals surface area contributed by atoms with Crippen LogP contribution in [0.2, 0.25) is 0 Å². The lowest BCUT2D eigenvalue weighted by molar-refractivity contribution is 0.0924. The number of rotatable bonds is 2. The number of benzene rings is 1. The molecular weight excluding hydrogens is 266 g/mol. The van der Waals surface area contributed by atoms with Gasteiger partial charge >= 0.3 is 0 Å². The predicted octanol–water partition coefficient (Wildman–Crippen LogP) is 1.74. The van der Waals surface area contributed by atoms with Gasteiger partial charge < -0.3 is 14.6 Å². The summed E-state index contributed by atoms with van der Waals surface area (Å²) in [6.07, 6.45) is 1.17. The van der Waals surface area contributed by atoms with Crippen molar-refractivity contribution in [1.29, 1.82) is 5.26 Å². The van der Waals surface area contributed by atoms with Crippen LogP contribution < -0.4 is 5.32 Å². The Morgan fingerprint density at radius 3 is 3.00 bits per heavy atom. The van der Waals surface area contributed by atoms with E-state index in [0.29, 0.717) is 17.1 Å². The smallest absolute Gasteiger partial charge is 0.251 e. The number of carbonyl (C=O) groups is 1. The van der Waals surface area contributed by atoms with Gasteiger partial charge in [0.05, 0.1) is 0 Å². The first-order chi connectivity index (χ1) is 10.2. The minimum absolute atomic E-state index is 0.0643. The minimum Gasteiger partial charge on any atom is -0.446 e. The van der Waals surface area contributed by atoms with Gasteiger partial charge in [-0.15, -0.1) is 0 Å². The number of nitriles is 1. The topological polar surface area (TPSA) is 69.3 Å². The molecule has 2 bridgehead atoms. The molecule has 2 aliphatic heterocycles. The molecule has 0 aliphatic carbocycles. The fraction of sp³-hybridized carbons (Fsp3) is 0.375. The zero-order chi connectivity index (χ0) is 14.4. The van der Waals surface area contributed by atoms with E-state index >= 15 is 0 Å². The van der Waals surface area contributed by atoms with Crippen LogP contribution in [0.25, 0.3) is 11.0 Å². The molecule has 2 aromatic rings. The van der Waals surface area contributed by atoms with Gasteiger partial charge in [-0.2, -0.15) is 5.26 Å². The Labute approximate surface area is 122 Å². The van der Waals surface area contributed by atoms with Crippen molar-refractivity contribution < 1.29 is 9.21 Å². The molecule has 2 saturated heterocycles. The molecule has 1 aromatic heterocycles. The Morgan fingerprint density at radius 1 is 1.38 bits per heavy atom. The summed E-state index contributed by atoms with van der Waals surface area (Å²) >= 11 is 0. The third kappa shape index (κ3) is 2.08. The number of fused-ring (bicyclic) bond motifs is 3. The van der Waals surface area contributed by atoms with Crippen molar-refractivity contribution in [2.75, 3.05) is 19.6 Å². The third-order valence-corrected chi connectivity index (χ3v) is 4.54. The molecule has 106 valence electrons. The van der Waals surface area contributed by atoms with Gasteiger partial charge in [-0.25, -0.2) is 0 Å². The molecule has 3 heterocycles. The summed E-state index contributed by atoms with van der Waals surface area (Å²) in [6.45, 7) is 3.22. The molecule has 3 atom stereocenters. The van der Waals surface area contributed by atoms with Crippen LogP contribution in [0.15, 0.2) is 28.7 Å². The van der Waals surface area contributed by atoms with Crippen LogP contribution in [-0.4, -0.2) is 36.5 Å². The van der Waals surface area contributed by atoms with E-state index in [4.69, 9.17) is 9.68 Å². The molecule has 2 aliphatic rings. The number of hydrogen-bond donors (Lipinski definition) is 1. The van der Waals surface area contributed by atoms with Crippen molar-refractivity contribution in [3.63, 3.8) is 0 Å². The maximum absolute atomic E-state index is 12.4. The van der Waals surface area contributed by atoms with Gasteiger partial charge in [-0.3, -0.25) is 4.79 Å². The van der Waals surface area contributed by atoms with Gasteiger partial charge in [0, 0.05) is 36.1 Å². The van der Waals surface area contributed by atoms with Crippen molar-refractivity contribution >= 4 is 16.9 Å². The highest BCUT2D eigenvalue weighted by Crippen LogP contribution is 2.28. The molecule has 2 unspecified atom stereocenters. The number of amides is 1. The second-order valence-electron chi connectivity index (χ2n) is 5.86. The van der Waals surface area contributed by atoms with E-state index in [2.05, 4.69) is 10.2 Å². The van der Waals surface area contributed by atoms with Crippen molar-refractivity contribution in [1.82, 2.24) is 10.2 Å². The summed E-state index contributed by atoms with van der Waals surface area (Å²) in [7, 11) is 0. The summed E-state index contributed by atoms with van der Waals surface area (Å²) in [5, 5.41) is 12.8. The minimum atomic E-state index is -0.0643. The lowest BCUT2D eigenvalue weighted by Gasteiger charge is -2.23. The van der Waals surface area contributed by atoms with Crippen LogP contribution in [0.1, 0.15) is 22.5 Å². The van der Waals surface area contributed by atoms with E-state index in [1.54, 1.807) is 18.2 Å². The molecule has 1 amide bonds. The normalized spacial score (nSPS) is 26.9. The van der Waals surface area contributed by atoms with Gasteiger partial charge in [0.25, 0.3) is 5.91 Å². The zero-order valence-corrected chi connectivity index (χ0v) is 11.5. The summed E-state index contributed by atoms with van der Waals surface area (Å²) in [5.41, 5.74) is 1.16. The first-order valence-electron chi connectivity index (χ1n) is 7.20. The molecule has 2 fully saturated rings. The van der Waals surface area contributed by atoms with E-state index in [0.717, 1.165) is 25.0 Å². The zero-order valence-electron chi connectivity index (χ0n) is 11.5. The number of nitrogens with one attached hydrogen (secondary N) is 1. The first-order valence-corrected chi connectivity index (χ1v) is 7.20. The Morgan fingerprint density at radius 2 is 2.29 bits per heavy atom. The average molecular weight is 281 g/mol. The molecule has 0 saturated carbocycles. The summed E-state index contributed by atoms with van der Waals surface area (Å²) in [5.74, 6) is 0.792. The molecule has 5 heteroatoms. The standard InChI is InChI=1S/C16H15N3O2/c17-7-13-5-10-1-2-11(6-15(10)21-13)16(20)18-14-9-19-4-3-12(14)8-19/h1-2,5-6,12,14H,3-4,8-9H2,(H,18,20)/t12-,14?/m1/s1. The first kappa shape index (κ1) is 12.4. The highest BCUT2D eigenvalue weighted by atomic mass is 16.3. The van der Waals surface area contributed by atoms with Gasteiger partial charge in [0.2, 0.25) is 5.76 Å². The fourth-order valence-electron chi connectivity index (χ4n) is 3.43. The number of nitrogens with zero attached hydrogens (tertiary/aromatic N) is 2. The maximum Gasteiger partial charge on any atom is 0.251 e. The largest absolute Gasteiger partial charge is 0.446 e. The summed E-state index contributed by atoms with van der Waals surface area (Å²) < 4.78 is 5.38. The molecule has 5 nitrogen and oxygen atoms in total. The summed E-state index contributed by atoms with van der Waals surface area (Å²) in [6, 6.07) is 9.21. The van der Waals surface area contributed by atoms with E-state index in [-0.39, 0.29) is 17.7 Å². The fourth-order valence-corrected chi connectivity index (χ4v) is 3.43. The van der Waals surface area contributed by atoms with Crippen LogP contribution in [0.4, 0.5) is 0 Å². The predicted molar refractivity (Wildman–Crippen MR) is 76.7 cm³/mol. The van der Waals surface area contributed by atoms with Crippen LogP contribution in [0.3, 0.4) is 0 Å². The second-order valence-corrected chi connectivity index (χ2v) is 5.86. The van der Waals surface area contributed by atoms with E-state index in [1.807, 2.05) is 12.1 Å². The Bertz CT molecular complexity index is 758. The maximum atomic E-state index is 12.4. The van der Waals surface area contributed by atoms with Gasteiger partial charge in [-0.05, 0) is 31.0 Å². The number of furan rings is 1. The molecule has 0 radical (unpaired) electrons. The lowest BCUT2D eigenvalue weighted by atomic mass is 9.99. The highest BCUT2D eigenvalue weighted by molar-refractivity contribution is 5.97. The van der Waals surface area contributed by atoms with Crippen molar-refractivity contribution in [3.8, 4) is 6.07 Å². The van der Waals surface area contributed by atoms with Crippen LogP contribution >= 0.6 is 0 Å². The van der Waals surface area contributed by atoms with Gasteiger partial charge in [-0.1, -0.05) is 6.07 Å². The Balaban J connectivity index is 1.55. The monoisotopic (exact) mass is 281 g/mol. The van der Waals surface area contributed by atoms with Crippen LogP contribution in [0, 0.1) is 17.2 Å². The molecule has 4 rings (SSSR count). The summed E-state index contributed by atoms with van der Waals surface area (Å²) in [4.78, 5) is 14.8. The molecule has 1 N–H and O–H groups in total. The third-order valence-electron chi connectivity index (χ3n) is 4.54. The second kappa shape index (κ2) is 4.61. The highest BCUT2D eigenvalue weighted by Gasteiger charge is 2.38. The van der Waals surface area contributed by atoms with Gasteiger partial charge in [0.15, 0.2) is 0 Å². The molecule has 1 aromatic carbocycles. The number of hydrogen-bond acceptors (Lipinski definition) is 4. The quantitative estimate of drug-likeness (QED) is 0.910. The molecular formula is C16H15N3O2. The Kier molecular flexibility index (Phi) is 2.72. The van der Waals surface area contributed by atoms with E-state index in [1.165, 1.54) is 6.42 Å². The van der Waals surface area contributed by atoms with Crippen molar-refractivity contribution in [2.24, 2.45) is 5.92 Å². The number of piperidine rings is 1.